The van der Waals surface area contributed by atoms with Crippen LogP contribution in [0.3, 0.4) is 0 Å². The van der Waals surface area contributed by atoms with Crippen LogP contribution in [0.15, 0.2) is 91.3 Å². The first-order valence-corrected chi connectivity index (χ1v) is 16.7. The first-order chi connectivity index (χ1) is 23.5. The van der Waals surface area contributed by atoms with Crippen LogP contribution in [0.4, 0.5) is 24.7 Å². The molecule has 1 saturated heterocycles. The highest BCUT2D eigenvalue weighted by atomic mass is 19.4. The lowest BCUT2D eigenvalue weighted by molar-refractivity contribution is -0.207. The third kappa shape index (κ3) is 8.28. The number of carbonyl (C=O) groups excluding carboxylic acids is 2. The van der Waals surface area contributed by atoms with Crippen molar-refractivity contribution in [2.75, 3.05) is 18.4 Å². The molecule has 2 atom stereocenters. The fourth-order valence-corrected chi connectivity index (χ4v) is 6.41. The SMILES string of the molecule is CC(C)c1cccc(C2(NC[C@H](OC(=O)C(F)(F)F)[C@H](Cc3ccc(Nc4cc(-c5ccccc5)ncn4)cc3)N3CCCC3=O)CC2)c1. The van der Waals surface area contributed by atoms with E-state index < -0.39 is 29.8 Å². The molecular weight excluding hydrogens is 631 g/mol. The van der Waals surface area contributed by atoms with Gasteiger partial charge in [0.1, 0.15) is 18.2 Å². The van der Waals surface area contributed by atoms with E-state index in [2.05, 4.69) is 46.6 Å². The molecule has 0 unspecified atom stereocenters. The molecule has 6 rings (SSSR count). The van der Waals surface area contributed by atoms with Gasteiger partial charge in [0.2, 0.25) is 5.91 Å². The molecule has 11 heteroatoms. The van der Waals surface area contributed by atoms with E-state index in [0.717, 1.165) is 40.9 Å². The Morgan fingerprint density at radius 3 is 2.39 bits per heavy atom. The molecule has 1 saturated carbocycles. The lowest BCUT2D eigenvalue weighted by atomic mass is 9.95. The number of nitrogens with one attached hydrogen (secondary N) is 2. The largest absolute Gasteiger partial charge is 0.490 e. The highest BCUT2D eigenvalue weighted by molar-refractivity contribution is 5.79. The van der Waals surface area contributed by atoms with E-state index in [1.165, 1.54) is 11.9 Å². The quantitative estimate of drug-likeness (QED) is 0.144. The number of nitrogens with zero attached hydrogens (tertiary/aromatic N) is 3. The van der Waals surface area contributed by atoms with E-state index >= 15 is 0 Å². The Bertz CT molecular complexity index is 1760. The summed E-state index contributed by atoms with van der Waals surface area (Å²) in [6, 6.07) is 26.4. The number of carbonyl (C=O) groups is 2. The van der Waals surface area contributed by atoms with Gasteiger partial charge in [-0.15, -0.1) is 0 Å². The van der Waals surface area contributed by atoms with Crippen LogP contribution in [0, 0.1) is 0 Å². The number of aromatic nitrogens is 2. The second kappa shape index (κ2) is 14.4. The highest BCUT2D eigenvalue weighted by Crippen LogP contribution is 2.46. The molecule has 0 bridgehead atoms. The number of esters is 1. The highest BCUT2D eigenvalue weighted by Gasteiger charge is 2.48. The van der Waals surface area contributed by atoms with Crippen molar-refractivity contribution in [3.8, 4) is 11.3 Å². The molecule has 1 aromatic heterocycles. The summed E-state index contributed by atoms with van der Waals surface area (Å²) in [4.78, 5) is 35.6. The van der Waals surface area contributed by atoms with Gasteiger partial charge in [0, 0.05) is 42.4 Å². The van der Waals surface area contributed by atoms with E-state index in [-0.39, 0.29) is 18.9 Å². The van der Waals surface area contributed by atoms with Crippen molar-refractivity contribution in [1.82, 2.24) is 20.2 Å². The zero-order valence-corrected chi connectivity index (χ0v) is 27.5. The standard InChI is InChI=1S/C38H40F3N5O3/c1-25(2)28-10-6-11-29(21-28)37(17-18-37)44-23-33(49-36(48)38(39,40)41)32(46-19-7-12-35(46)47)20-26-13-15-30(16-14-26)45-34-22-31(42-24-43-34)27-8-4-3-5-9-27/h3-6,8-11,13-16,21-22,24-25,32-33,44H,7,12,17-20,23H2,1-2H3,(H,42,43,45)/t32-,33-/m0/s1. The van der Waals surface area contributed by atoms with Crippen molar-refractivity contribution in [1.29, 1.82) is 0 Å². The lowest BCUT2D eigenvalue weighted by Gasteiger charge is -2.35. The van der Waals surface area contributed by atoms with Gasteiger partial charge >= 0.3 is 12.1 Å². The normalized spacial score (nSPS) is 16.8. The van der Waals surface area contributed by atoms with Crippen LogP contribution in [0.2, 0.25) is 0 Å². The predicted octanol–water partition coefficient (Wildman–Crippen LogP) is 7.30. The van der Waals surface area contributed by atoms with Gasteiger partial charge in [-0.3, -0.25) is 4.79 Å². The average molecular weight is 672 g/mol. The zero-order chi connectivity index (χ0) is 34.6. The van der Waals surface area contributed by atoms with Gasteiger partial charge in [-0.1, -0.05) is 80.6 Å². The maximum Gasteiger partial charge on any atom is 0.490 e. The van der Waals surface area contributed by atoms with Gasteiger partial charge in [0.15, 0.2) is 0 Å². The molecule has 8 nitrogen and oxygen atoms in total. The molecule has 0 spiro atoms. The van der Waals surface area contributed by atoms with Crippen LogP contribution in [0.25, 0.3) is 11.3 Å². The van der Waals surface area contributed by atoms with Crippen molar-refractivity contribution in [2.24, 2.45) is 0 Å². The van der Waals surface area contributed by atoms with Gasteiger partial charge in [-0.25, -0.2) is 14.8 Å². The molecule has 49 heavy (non-hydrogen) atoms. The summed E-state index contributed by atoms with van der Waals surface area (Å²) in [5.74, 6) is -1.52. The van der Waals surface area contributed by atoms with Crippen LogP contribution in [-0.4, -0.2) is 58.2 Å². The minimum atomic E-state index is -5.17. The molecule has 2 heterocycles. The molecule has 256 valence electrons. The number of hydrogen-bond donors (Lipinski definition) is 2. The Morgan fingerprint density at radius 1 is 0.980 bits per heavy atom. The number of hydrogen-bond acceptors (Lipinski definition) is 7. The maximum absolute atomic E-state index is 13.6. The van der Waals surface area contributed by atoms with Gasteiger partial charge in [0.25, 0.3) is 0 Å². The minimum absolute atomic E-state index is 0.0424. The predicted molar refractivity (Wildman–Crippen MR) is 181 cm³/mol. The van der Waals surface area contributed by atoms with E-state index in [9.17, 15) is 22.8 Å². The van der Waals surface area contributed by atoms with Crippen molar-refractivity contribution in [3.05, 3.63) is 108 Å². The Balaban J connectivity index is 1.22. The number of ether oxygens (including phenoxy) is 1. The molecule has 2 aliphatic rings. The molecule has 0 radical (unpaired) electrons. The minimum Gasteiger partial charge on any atom is -0.452 e. The summed E-state index contributed by atoms with van der Waals surface area (Å²) in [6.45, 7) is 4.55. The van der Waals surface area contributed by atoms with Gasteiger partial charge in [-0.2, -0.15) is 13.2 Å². The van der Waals surface area contributed by atoms with Gasteiger partial charge in [-0.05, 0) is 60.4 Å². The third-order valence-corrected chi connectivity index (χ3v) is 9.33. The molecule has 2 N–H and O–H groups in total. The molecule has 1 amide bonds. The zero-order valence-electron chi connectivity index (χ0n) is 27.5. The monoisotopic (exact) mass is 671 g/mol. The second-order valence-electron chi connectivity index (χ2n) is 13.1. The summed E-state index contributed by atoms with van der Waals surface area (Å²) < 4.78 is 46.0. The number of likely N-dealkylation sites (tertiary alicyclic amines) is 1. The lowest BCUT2D eigenvalue weighted by Crippen LogP contribution is -2.53. The maximum atomic E-state index is 13.6. The fraction of sp³-hybridized carbons (Fsp3) is 0.368. The summed E-state index contributed by atoms with van der Waals surface area (Å²) in [5, 5.41) is 6.73. The Morgan fingerprint density at radius 2 is 1.73 bits per heavy atom. The van der Waals surface area contributed by atoms with E-state index in [1.807, 2.05) is 72.8 Å². The summed E-state index contributed by atoms with van der Waals surface area (Å²) in [5.41, 5.74) is 5.04. The van der Waals surface area contributed by atoms with Crippen molar-refractivity contribution < 1.29 is 27.5 Å². The van der Waals surface area contributed by atoms with Crippen molar-refractivity contribution in [3.63, 3.8) is 0 Å². The molecule has 1 aliphatic carbocycles. The number of anilines is 2. The topological polar surface area (TPSA) is 96.4 Å². The average Bonchev–Trinajstić information content (AvgIpc) is 3.78. The fourth-order valence-electron chi connectivity index (χ4n) is 6.41. The number of halogens is 3. The van der Waals surface area contributed by atoms with E-state index in [1.54, 1.807) is 4.90 Å². The molecule has 4 aromatic rings. The summed E-state index contributed by atoms with van der Waals surface area (Å²) >= 11 is 0. The van der Waals surface area contributed by atoms with Crippen LogP contribution in [0.1, 0.15) is 62.1 Å². The smallest absolute Gasteiger partial charge is 0.452 e. The van der Waals surface area contributed by atoms with Gasteiger partial charge < -0.3 is 20.3 Å². The van der Waals surface area contributed by atoms with Gasteiger partial charge in [0.05, 0.1) is 11.7 Å². The molecule has 2 fully saturated rings. The first kappa shape index (κ1) is 34.1. The van der Waals surface area contributed by atoms with Crippen molar-refractivity contribution in [2.45, 2.75) is 75.7 Å². The van der Waals surface area contributed by atoms with Crippen LogP contribution in [0.5, 0.6) is 0 Å². The summed E-state index contributed by atoms with van der Waals surface area (Å²) in [6.07, 6.45) is -2.24. The molecule has 3 aromatic carbocycles. The molecular formula is C38H40F3N5O3. The van der Waals surface area contributed by atoms with Crippen LogP contribution in [-0.2, 0) is 26.3 Å². The van der Waals surface area contributed by atoms with E-state index in [0.29, 0.717) is 31.1 Å². The number of alkyl halides is 3. The second-order valence-corrected chi connectivity index (χ2v) is 13.1. The van der Waals surface area contributed by atoms with E-state index in [4.69, 9.17) is 4.74 Å². The molecule has 1 aliphatic heterocycles. The number of benzene rings is 3. The number of amides is 1. The number of rotatable bonds is 13. The Hall–Kier alpha value is -4.77. The van der Waals surface area contributed by atoms with Crippen LogP contribution < -0.4 is 10.6 Å². The van der Waals surface area contributed by atoms with Crippen LogP contribution >= 0.6 is 0 Å². The van der Waals surface area contributed by atoms with Crippen molar-refractivity contribution >= 4 is 23.4 Å². The first-order valence-electron chi connectivity index (χ1n) is 16.7. The third-order valence-electron chi connectivity index (χ3n) is 9.33. The summed E-state index contributed by atoms with van der Waals surface area (Å²) in [7, 11) is 0. The Labute approximate surface area is 284 Å². The Kier molecular flexibility index (Phi) is 10.0.